The Morgan fingerprint density at radius 1 is 0.456 bits per heavy atom. The van der Waals surface area contributed by atoms with Crippen LogP contribution in [0.2, 0.25) is 0 Å². The third kappa shape index (κ3) is 19.2. The summed E-state index contributed by atoms with van der Waals surface area (Å²) in [7, 11) is 0. The van der Waals surface area contributed by atoms with E-state index in [1.807, 2.05) is 25.1 Å². The normalized spacial score (nSPS) is 15.3. The zero-order valence-electron chi connectivity index (χ0n) is 55.2. The molecule has 12 heterocycles. The lowest BCUT2D eigenvalue weighted by Gasteiger charge is -2.38. The SMILES string of the molecule is CC1(C)CCN(c2cccnc2NC(=O)c2nc(-c3ncccc3OC(F)(F)F)cnc2N)CC1.CC1(N)CCN(c2cccnc2NC(=O)c2nc(-c3ncccc3C(F)(F)F)cnc2N)CC1.Nc1ncc(-c2ncccc2OC(F)(F)F)nc1C(=O)Nc1ncccc1N1CCC(N)CC1. The van der Waals surface area contributed by atoms with Gasteiger partial charge in [0.2, 0.25) is 0 Å². The molecule has 3 aliphatic heterocycles. The van der Waals surface area contributed by atoms with E-state index in [1.54, 1.807) is 24.4 Å². The Bertz CT molecular complexity index is 4500. The highest BCUT2D eigenvalue weighted by molar-refractivity contribution is 6.08. The van der Waals surface area contributed by atoms with Crippen LogP contribution in [0.15, 0.2) is 129 Å². The number of carbonyl (C=O) groups excluding carboxylic acids is 3. The van der Waals surface area contributed by atoms with Crippen LogP contribution < -0.4 is 68.8 Å². The number of amides is 3. The molecular weight excluding hydrogens is 1370 g/mol. The van der Waals surface area contributed by atoms with E-state index in [4.69, 9.17) is 28.7 Å². The molecule has 9 aromatic rings. The first kappa shape index (κ1) is 73.9. The van der Waals surface area contributed by atoms with Crippen molar-refractivity contribution in [1.82, 2.24) is 59.8 Å². The predicted octanol–water partition coefficient (Wildman–Crippen LogP) is 9.99. The van der Waals surface area contributed by atoms with E-state index in [9.17, 15) is 53.9 Å². The van der Waals surface area contributed by atoms with Crippen molar-refractivity contribution in [2.24, 2.45) is 16.9 Å². The van der Waals surface area contributed by atoms with Gasteiger partial charge in [-0.3, -0.25) is 29.3 Å². The summed E-state index contributed by atoms with van der Waals surface area (Å²) in [5.41, 5.74) is 28.6. The van der Waals surface area contributed by atoms with Gasteiger partial charge in [0.05, 0.1) is 41.2 Å². The van der Waals surface area contributed by atoms with Crippen molar-refractivity contribution in [2.75, 3.05) is 87.1 Å². The van der Waals surface area contributed by atoms with Gasteiger partial charge in [0.25, 0.3) is 17.7 Å². The molecule has 0 bridgehead atoms. The fourth-order valence-corrected chi connectivity index (χ4v) is 11.0. The Balaban J connectivity index is 0.000000166. The Hall–Kier alpha value is -11.8. The largest absolute Gasteiger partial charge is 0.573 e. The van der Waals surface area contributed by atoms with E-state index in [0.717, 1.165) is 94.1 Å². The zero-order chi connectivity index (χ0) is 74.0. The lowest BCUT2D eigenvalue weighted by molar-refractivity contribution is -0.275. The van der Waals surface area contributed by atoms with Crippen molar-refractivity contribution < 1.29 is 63.4 Å². The number of ether oxygens (including phenoxy) is 2. The third-order valence-electron chi connectivity index (χ3n) is 16.5. The Kier molecular flexibility index (Phi) is 22.3. The Labute approximate surface area is 581 Å². The molecule has 12 rings (SSSR count). The molecule has 3 saturated heterocycles. The number of nitrogens with zero attached hydrogens (tertiary/aromatic N) is 15. The Morgan fingerprint density at radius 3 is 1.15 bits per heavy atom. The molecule has 0 aliphatic carbocycles. The standard InChI is InChI=1S/C23H24F3N7O2.C22H23F3N8O.C21H21F3N8O2/c1-22(2)7-11-33(12-8-22)15-5-3-10-29-20(15)32-21(34)18-19(27)30-13-14(31-18)17-16(6-4-9-28-17)35-23(24,25)26;1-21(27)6-10-33(11-7-21)15-5-3-9-29-19(15)32-20(34)17-18(26)30-12-14(31-17)16-13(22(23,24)25)4-2-8-28-16;22-21(23,24)34-15-4-2-7-27-16(15)13-11-29-18(26)17(30-13)20(33)31-19-14(3-1-8-28-19)32-9-5-12(25)6-10-32/h3-6,9-10,13H,7-8,11-12H2,1-2H3,(H2,27,30)(H,29,32,34);2-5,8-9,12H,6-7,10-11,27H2,1H3,(H2,26,30)(H,29,32,34);1-4,7-8,11-12H,5-6,9-10,25H2,(H2,26,29)(H,28,31,33). The van der Waals surface area contributed by atoms with Gasteiger partial charge in [-0.25, -0.2) is 44.9 Å². The third-order valence-corrected chi connectivity index (χ3v) is 16.5. The summed E-state index contributed by atoms with van der Waals surface area (Å²) < 4.78 is 125. The number of nitrogen functional groups attached to an aromatic ring is 3. The molecule has 3 aliphatic rings. The van der Waals surface area contributed by atoms with Crippen LogP contribution in [0.5, 0.6) is 11.5 Å². The topological polar surface area (TPSA) is 400 Å². The van der Waals surface area contributed by atoms with Crippen LogP contribution in [0.1, 0.15) is 96.3 Å². The van der Waals surface area contributed by atoms with Gasteiger partial charge >= 0.3 is 18.9 Å². The number of piperidine rings is 3. The summed E-state index contributed by atoms with van der Waals surface area (Å²) >= 11 is 0. The van der Waals surface area contributed by atoms with E-state index in [-0.39, 0.29) is 91.6 Å². The molecule has 0 unspecified atom stereocenters. The molecule has 37 heteroatoms. The maximum absolute atomic E-state index is 13.4. The molecule has 13 N–H and O–H groups in total. The van der Waals surface area contributed by atoms with Crippen molar-refractivity contribution in [3.05, 3.63) is 151 Å². The van der Waals surface area contributed by atoms with Crippen molar-refractivity contribution in [3.63, 3.8) is 0 Å². The molecule has 0 saturated carbocycles. The second-order valence-electron chi connectivity index (χ2n) is 24.8. The lowest BCUT2D eigenvalue weighted by atomic mass is 9.82. The van der Waals surface area contributed by atoms with E-state index >= 15 is 0 Å². The summed E-state index contributed by atoms with van der Waals surface area (Å²) in [6.45, 7) is 10.8. The molecule has 0 aromatic carbocycles. The number of pyridine rings is 6. The van der Waals surface area contributed by atoms with E-state index < -0.39 is 59.4 Å². The average molecular weight is 1430 g/mol. The number of nitrogens with one attached hydrogen (secondary N) is 3. The second-order valence-corrected chi connectivity index (χ2v) is 24.8. The van der Waals surface area contributed by atoms with Crippen LogP contribution in [0.3, 0.4) is 0 Å². The number of hydrogen-bond donors (Lipinski definition) is 8. The number of halogens is 9. The van der Waals surface area contributed by atoms with Gasteiger partial charge in [-0.05, 0) is 124 Å². The molecule has 103 heavy (non-hydrogen) atoms. The summed E-state index contributed by atoms with van der Waals surface area (Å²) in [5, 5.41) is 8.04. The molecule has 3 fully saturated rings. The first-order valence-electron chi connectivity index (χ1n) is 31.7. The monoisotopic (exact) mass is 1430 g/mol. The predicted molar refractivity (Wildman–Crippen MR) is 363 cm³/mol. The second kappa shape index (κ2) is 31.0. The lowest BCUT2D eigenvalue weighted by Crippen LogP contribution is -2.48. The summed E-state index contributed by atoms with van der Waals surface area (Å²) in [6.07, 6.45) is 2.19. The number of aromatic nitrogens is 12. The van der Waals surface area contributed by atoms with Crippen LogP contribution in [-0.2, 0) is 6.18 Å². The molecule has 540 valence electrons. The van der Waals surface area contributed by atoms with Gasteiger partial charge in [0.15, 0.2) is 63.5 Å². The first-order valence-corrected chi connectivity index (χ1v) is 31.7. The molecule has 0 radical (unpaired) electrons. The van der Waals surface area contributed by atoms with E-state index in [2.05, 4.69) is 114 Å². The first-order chi connectivity index (χ1) is 48.8. The van der Waals surface area contributed by atoms with Crippen molar-refractivity contribution in [3.8, 4) is 45.7 Å². The number of anilines is 9. The minimum Gasteiger partial charge on any atom is -0.403 e. The highest BCUT2D eigenvalue weighted by Gasteiger charge is 2.38. The molecule has 0 spiro atoms. The van der Waals surface area contributed by atoms with Crippen LogP contribution >= 0.6 is 0 Å². The smallest absolute Gasteiger partial charge is 0.403 e. The molecular formula is C66H68F9N23O5. The zero-order valence-corrected chi connectivity index (χ0v) is 55.2. The summed E-state index contributed by atoms with van der Waals surface area (Å²) in [5.74, 6) is -3.12. The van der Waals surface area contributed by atoms with E-state index in [1.165, 1.54) is 49.2 Å². The molecule has 9 aromatic heterocycles. The highest BCUT2D eigenvalue weighted by Crippen LogP contribution is 2.39. The molecule has 0 atom stereocenters. The van der Waals surface area contributed by atoms with Crippen molar-refractivity contribution >= 4 is 69.7 Å². The quantitative estimate of drug-likeness (QED) is 0.0469. The highest BCUT2D eigenvalue weighted by atomic mass is 19.4. The number of carbonyl (C=O) groups is 3. The minimum atomic E-state index is -4.94. The maximum Gasteiger partial charge on any atom is 0.573 e. The van der Waals surface area contributed by atoms with Gasteiger partial charge in [-0.15, -0.1) is 26.3 Å². The molecule has 28 nitrogen and oxygen atoms in total. The van der Waals surface area contributed by atoms with Crippen LogP contribution in [0.25, 0.3) is 34.2 Å². The van der Waals surface area contributed by atoms with Crippen LogP contribution in [-0.4, -0.2) is 141 Å². The fraction of sp³-hybridized carbons (Fsp3) is 0.318. The minimum absolute atomic E-state index is 0.108. The van der Waals surface area contributed by atoms with Gasteiger partial charge < -0.3 is 68.8 Å². The van der Waals surface area contributed by atoms with Gasteiger partial charge in [0.1, 0.15) is 34.2 Å². The average Bonchev–Trinajstić information content (AvgIpc) is 0.809. The van der Waals surface area contributed by atoms with Crippen molar-refractivity contribution in [2.45, 2.75) is 89.8 Å². The fourth-order valence-electron chi connectivity index (χ4n) is 11.0. The van der Waals surface area contributed by atoms with Crippen LogP contribution in [0.4, 0.5) is 91.5 Å². The number of alkyl halides is 9. The van der Waals surface area contributed by atoms with Crippen molar-refractivity contribution in [1.29, 1.82) is 0 Å². The number of rotatable bonds is 14. The van der Waals surface area contributed by atoms with Gasteiger partial charge in [0, 0.05) is 88.0 Å². The van der Waals surface area contributed by atoms with Crippen LogP contribution in [0, 0.1) is 5.41 Å². The summed E-state index contributed by atoms with van der Waals surface area (Å²) in [4.78, 5) is 93.8. The van der Waals surface area contributed by atoms with E-state index in [0.29, 0.717) is 43.4 Å². The van der Waals surface area contributed by atoms with Gasteiger partial charge in [-0.1, -0.05) is 13.8 Å². The maximum atomic E-state index is 13.4. The number of hydrogen-bond acceptors (Lipinski definition) is 25. The van der Waals surface area contributed by atoms with Gasteiger partial charge in [-0.2, -0.15) is 13.2 Å². The molecule has 3 amide bonds. The Morgan fingerprint density at radius 2 is 0.777 bits per heavy atom. The summed E-state index contributed by atoms with van der Waals surface area (Å²) in [6, 6.07) is 17.7. The number of nitrogens with two attached hydrogens (primary N) is 5.